The number of hydrogen-bond acceptors (Lipinski definition) is 10. The van der Waals surface area contributed by atoms with E-state index >= 15 is 0 Å². The SMILES string of the molecule is CCCCCCCCOc1ccc(N(c2ccc(OCCCCCCCC)cc2)c2ccc(-c3ccc(-c4sc(/C=C(\C#N)C(=O)O)c5c4OCCO5)c4nccnc34)cc2)cc1. The number of fused-ring (bicyclic) bond motifs is 2. The van der Waals surface area contributed by atoms with Gasteiger partial charge in [0.15, 0.2) is 11.5 Å². The van der Waals surface area contributed by atoms with Crippen LogP contribution >= 0.6 is 11.3 Å². The summed E-state index contributed by atoms with van der Waals surface area (Å²) in [5.74, 6) is 1.33. The first-order valence-corrected chi connectivity index (χ1v) is 23.2. The van der Waals surface area contributed by atoms with Gasteiger partial charge in [-0.2, -0.15) is 5.26 Å². The Labute approximate surface area is 374 Å². The molecule has 0 fully saturated rings. The van der Waals surface area contributed by atoms with Crippen molar-refractivity contribution in [2.24, 2.45) is 0 Å². The van der Waals surface area contributed by atoms with Crippen LogP contribution in [0.5, 0.6) is 23.0 Å². The number of carboxylic acid groups (broad SMARTS) is 1. The molecule has 1 N–H and O–H groups in total. The fourth-order valence-corrected chi connectivity index (χ4v) is 8.92. The number of nitriles is 1. The lowest BCUT2D eigenvalue weighted by Crippen LogP contribution is -2.15. The average molecular weight is 865 g/mol. The highest BCUT2D eigenvalue weighted by molar-refractivity contribution is 7.17. The summed E-state index contributed by atoms with van der Waals surface area (Å²) in [7, 11) is 0. The Morgan fingerprint density at radius 3 is 1.68 bits per heavy atom. The van der Waals surface area contributed by atoms with E-state index in [1.807, 2.05) is 36.4 Å². The maximum absolute atomic E-state index is 11.7. The van der Waals surface area contributed by atoms with Gasteiger partial charge in [0.2, 0.25) is 0 Å². The van der Waals surface area contributed by atoms with Gasteiger partial charge in [0.25, 0.3) is 0 Å². The predicted octanol–water partition coefficient (Wildman–Crippen LogP) is 13.7. The number of rotatable bonds is 23. The molecule has 63 heavy (non-hydrogen) atoms. The zero-order valence-corrected chi connectivity index (χ0v) is 37.1. The molecular weight excluding hydrogens is 809 g/mol. The summed E-state index contributed by atoms with van der Waals surface area (Å²) in [5, 5.41) is 19.0. The minimum absolute atomic E-state index is 0.309. The number of ether oxygens (including phenoxy) is 4. The van der Waals surface area contributed by atoms with E-state index in [1.165, 1.54) is 81.6 Å². The van der Waals surface area contributed by atoms with Crippen LogP contribution in [0.3, 0.4) is 0 Å². The number of aromatic nitrogens is 2. The van der Waals surface area contributed by atoms with Crippen molar-refractivity contribution in [2.45, 2.75) is 90.9 Å². The van der Waals surface area contributed by atoms with Crippen molar-refractivity contribution in [3.8, 4) is 50.6 Å². The Morgan fingerprint density at radius 1 is 0.683 bits per heavy atom. The molecule has 6 aromatic rings. The van der Waals surface area contributed by atoms with Gasteiger partial charge in [-0.25, -0.2) is 4.79 Å². The van der Waals surface area contributed by atoms with Crippen LogP contribution in [0.15, 0.2) is 103 Å². The lowest BCUT2D eigenvalue weighted by molar-refractivity contribution is -0.132. The number of carboxylic acids is 1. The Bertz CT molecular complexity index is 2430. The van der Waals surface area contributed by atoms with Crippen LogP contribution in [0.1, 0.15) is 95.8 Å². The second-order valence-corrected chi connectivity index (χ2v) is 16.7. The van der Waals surface area contributed by atoms with Gasteiger partial charge in [-0.3, -0.25) is 9.97 Å². The number of thiophene rings is 1. The van der Waals surface area contributed by atoms with Crippen LogP contribution in [0.4, 0.5) is 17.1 Å². The van der Waals surface area contributed by atoms with Gasteiger partial charge in [-0.05, 0) is 85.1 Å². The lowest BCUT2D eigenvalue weighted by Gasteiger charge is -2.26. The molecule has 0 aliphatic carbocycles. The molecule has 2 aromatic heterocycles. The first-order chi connectivity index (χ1) is 31.0. The van der Waals surface area contributed by atoms with Gasteiger partial charge in [0.05, 0.1) is 34.0 Å². The second kappa shape index (κ2) is 22.6. The number of unbranched alkanes of at least 4 members (excludes halogenated alkanes) is 10. The maximum atomic E-state index is 11.7. The smallest absolute Gasteiger partial charge is 0.346 e. The normalized spacial score (nSPS) is 12.2. The van der Waals surface area contributed by atoms with Crippen molar-refractivity contribution in [1.29, 1.82) is 5.26 Å². The Morgan fingerprint density at radius 2 is 1.16 bits per heavy atom. The molecule has 10 nitrogen and oxygen atoms in total. The summed E-state index contributed by atoms with van der Waals surface area (Å²) in [6, 6.07) is 30.8. The molecule has 0 bridgehead atoms. The third kappa shape index (κ3) is 11.4. The largest absolute Gasteiger partial charge is 0.494 e. The van der Waals surface area contributed by atoms with Crippen molar-refractivity contribution in [2.75, 3.05) is 31.3 Å². The standard InChI is InChI=1S/C52H56N4O6S/c1-3-5-7-9-11-13-31-59-42-23-19-40(20-24-42)56(41-21-25-43(26-22-41)60-32-14-12-10-8-6-4-2)39-17-15-37(16-18-39)44-27-28-45(48-47(44)54-29-30-55-48)51-50-49(61-33-34-62-50)46(63-51)35-38(36-53)52(57)58/h15-30,35H,3-14,31-34H2,1-2H3,(H,57,58)/b38-35+. The quantitative estimate of drug-likeness (QED) is 0.0378. The summed E-state index contributed by atoms with van der Waals surface area (Å²) >= 11 is 1.29. The van der Waals surface area contributed by atoms with Gasteiger partial charge in [-0.15, -0.1) is 11.3 Å². The number of hydrogen-bond donors (Lipinski definition) is 1. The number of benzene rings is 4. The molecule has 0 unspecified atom stereocenters. The van der Waals surface area contributed by atoms with E-state index in [0.717, 1.165) is 63.0 Å². The number of anilines is 3. The first-order valence-electron chi connectivity index (χ1n) is 22.4. The van der Waals surface area contributed by atoms with Gasteiger partial charge in [0, 0.05) is 40.6 Å². The third-order valence-corrected chi connectivity index (χ3v) is 12.2. The fraction of sp³-hybridized carbons (Fsp3) is 0.346. The van der Waals surface area contributed by atoms with E-state index in [4.69, 9.17) is 28.9 Å². The van der Waals surface area contributed by atoms with Gasteiger partial charge in [0.1, 0.15) is 36.4 Å². The monoisotopic (exact) mass is 864 g/mol. The number of carbonyl (C=O) groups is 1. The molecular formula is C52H56N4O6S. The minimum atomic E-state index is -1.31. The summed E-state index contributed by atoms with van der Waals surface area (Å²) in [6.45, 7) is 6.55. The van der Waals surface area contributed by atoms with Crippen molar-refractivity contribution in [3.63, 3.8) is 0 Å². The van der Waals surface area contributed by atoms with Crippen LogP contribution in [0.2, 0.25) is 0 Å². The molecule has 11 heteroatoms. The van der Waals surface area contributed by atoms with Crippen LogP contribution in [-0.2, 0) is 4.79 Å². The lowest BCUT2D eigenvalue weighted by atomic mass is 9.99. The summed E-state index contributed by atoms with van der Waals surface area (Å²) in [4.78, 5) is 24.7. The van der Waals surface area contributed by atoms with Crippen molar-refractivity contribution in [3.05, 3.63) is 108 Å². The van der Waals surface area contributed by atoms with Crippen molar-refractivity contribution in [1.82, 2.24) is 9.97 Å². The van der Waals surface area contributed by atoms with Crippen LogP contribution < -0.4 is 23.8 Å². The third-order valence-electron chi connectivity index (χ3n) is 11.1. The molecule has 0 radical (unpaired) electrons. The average Bonchev–Trinajstić information content (AvgIpc) is 3.68. The van der Waals surface area contributed by atoms with Crippen LogP contribution in [0.25, 0.3) is 38.7 Å². The van der Waals surface area contributed by atoms with E-state index in [-0.39, 0.29) is 0 Å². The zero-order valence-electron chi connectivity index (χ0n) is 36.3. The predicted molar refractivity (Wildman–Crippen MR) is 253 cm³/mol. The summed E-state index contributed by atoms with van der Waals surface area (Å²) in [6.07, 6.45) is 19.3. The maximum Gasteiger partial charge on any atom is 0.346 e. The molecule has 0 amide bonds. The molecule has 7 rings (SSSR count). The zero-order chi connectivity index (χ0) is 43.8. The molecule has 1 aliphatic rings. The van der Waals surface area contributed by atoms with E-state index in [9.17, 15) is 15.2 Å². The highest BCUT2D eigenvalue weighted by Crippen LogP contribution is 2.52. The molecule has 0 atom stereocenters. The fourth-order valence-electron chi connectivity index (χ4n) is 7.76. The molecule has 0 saturated carbocycles. The second-order valence-electron chi connectivity index (χ2n) is 15.6. The molecule has 0 saturated heterocycles. The Balaban J connectivity index is 1.15. The van der Waals surface area contributed by atoms with Crippen molar-refractivity contribution < 1.29 is 28.8 Å². The molecule has 326 valence electrons. The van der Waals surface area contributed by atoms with Gasteiger partial charge in [-0.1, -0.05) is 102 Å². The van der Waals surface area contributed by atoms with E-state index in [2.05, 4.69) is 67.3 Å². The Hall–Kier alpha value is -6.38. The highest BCUT2D eigenvalue weighted by Gasteiger charge is 2.27. The van der Waals surface area contributed by atoms with E-state index in [1.54, 1.807) is 18.5 Å². The molecule has 1 aliphatic heterocycles. The van der Waals surface area contributed by atoms with E-state index < -0.39 is 11.5 Å². The van der Waals surface area contributed by atoms with Gasteiger partial charge >= 0.3 is 5.97 Å². The number of aliphatic carboxylic acids is 1. The van der Waals surface area contributed by atoms with Crippen molar-refractivity contribution >= 4 is 51.5 Å². The van der Waals surface area contributed by atoms with E-state index in [0.29, 0.717) is 53.8 Å². The van der Waals surface area contributed by atoms with Crippen LogP contribution in [0, 0.1) is 11.3 Å². The Kier molecular flexibility index (Phi) is 16.0. The molecule has 0 spiro atoms. The summed E-state index contributed by atoms with van der Waals surface area (Å²) in [5.41, 5.74) is 6.58. The van der Waals surface area contributed by atoms with Gasteiger partial charge < -0.3 is 29.0 Å². The highest BCUT2D eigenvalue weighted by atomic mass is 32.1. The van der Waals surface area contributed by atoms with Crippen LogP contribution in [-0.4, -0.2) is 47.5 Å². The number of nitrogens with zero attached hydrogens (tertiary/aromatic N) is 4. The summed E-state index contributed by atoms with van der Waals surface area (Å²) < 4.78 is 24.3. The molecule has 3 heterocycles. The first kappa shape index (κ1) is 44.7. The topological polar surface area (TPSA) is 127 Å². The minimum Gasteiger partial charge on any atom is -0.494 e. The molecule has 4 aromatic carbocycles.